The number of benzene rings is 2. The number of hydrogen-bond acceptors (Lipinski definition) is 5. The molecule has 0 bridgehead atoms. The van der Waals surface area contributed by atoms with Gasteiger partial charge in [-0.25, -0.2) is 4.98 Å². The van der Waals surface area contributed by atoms with Gasteiger partial charge in [-0.3, -0.25) is 14.1 Å². The molecule has 30 heavy (non-hydrogen) atoms. The number of hydrogen-bond donors (Lipinski definition) is 1. The van der Waals surface area contributed by atoms with E-state index in [4.69, 9.17) is 9.72 Å². The van der Waals surface area contributed by atoms with Crippen LogP contribution in [-0.4, -0.2) is 59.6 Å². The summed E-state index contributed by atoms with van der Waals surface area (Å²) >= 11 is 1.61. The van der Waals surface area contributed by atoms with E-state index >= 15 is 0 Å². The predicted octanol–water partition coefficient (Wildman–Crippen LogP) is 3.67. The van der Waals surface area contributed by atoms with Crippen molar-refractivity contribution in [1.29, 1.82) is 0 Å². The van der Waals surface area contributed by atoms with Crippen molar-refractivity contribution >= 4 is 32.4 Å². The predicted molar refractivity (Wildman–Crippen MR) is 120 cm³/mol. The minimum absolute atomic E-state index is 0.0186. The molecular weight excluding hydrogens is 396 g/mol. The van der Waals surface area contributed by atoms with Gasteiger partial charge < -0.3 is 10.1 Å². The molecule has 1 amide bonds. The molecule has 1 saturated heterocycles. The molecule has 6 nitrogen and oxygen atoms in total. The number of carbonyl (C=O) groups excluding carboxylic acids is 1. The lowest BCUT2D eigenvalue weighted by Crippen LogP contribution is -2.38. The number of morpholine rings is 1. The van der Waals surface area contributed by atoms with E-state index in [1.54, 1.807) is 11.3 Å². The van der Waals surface area contributed by atoms with Gasteiger partial charge in [-0.2, -0.15) is 0 Å². The van der Waals surface area contributed by atoms with Crippen molar-refractivity contribution in [3.63, 3.8) is 0 Å². The minimum atomic E-state index is -0.0186. The van der Waals surface area contributed by atoms with Gasteiger partial charge in [-0.1, -0.05) is 41.7 Å². The lowest BCUT2D eigenvalue weighted by Gasteiger charge is -2.26. The number of carbonyl (C=O) groups is 1. The SMILES string of the molecule is O=C(NCCCN1CCOCC1)c1ccc2c(c1)sc1nc(-c3ccccc3)cn12. The van der Waals surface area contributed by atoms with Gasteiger partial charge in [0.05, 0.1) is 29.1 Å². The van der Waals surface area contributed by atoms with Gasteiger partial charge in [0.1, 0.15) is 0 Å². The fourth-order valence-corrected chi connectivity index (χ4v) is 4.87. The third-order valence-corrected chi connectivity index (χ3v) is 6.48. The molecule has 7 heteroatoms. The van der Waals surface area contributed by atoms with Gasteiger partial charge in [-0.15, -0.1) is 0 Å². The summed E-state index contributed by atoms with van der Waals surface area (Å²) in [7, 11) is 0. The zero-order chi connectivity index (χ0) is 20.3. The molecule has 1 fully saturated rings. The first-order chi connectivity index (χ1) is 14.8. The Morgan fingerprint density at radius 1 is 1.13 bits per heavy atom. The molecule has 0 spiro atoms. The number of imidazole rings is 1. The Morgan fingerprint density at radius 2 is 1.97 bits per heavy atom. The summed E-state index contributed by atoms with van der Waals surface area (Å²) in [5.74, 6) is -0.0186. The van der Waals surface area contributed by atoms with Gasteiger partial charge in [0.15, 0.2) is 4.96 Å². The van der Waals surface area contributed by atoms with Crippen molar-refractivity contribution in [3.8, 4) is 11.3 Å². The maximum absolute atomic E-state index is 12.6. The quantitative estimate of drug-likeness (QED) is 0.484. The number of ether oxygens (including phenoxy) is 1. The molecule has 0 aliphatic carbocycles. The highest BCUT2D eigenvalue weighted by atomic mass is 32.1. The zero-order valence-corrected chi connectivity index (χ0v) is 17.5. The fraction of sp³-hybridized carbons (Fsp3) is 0.304. The van der Waals surface area contributed by atoms with Gasteiger partial charge in [0.25, 0.3) is 5.91 Å². The van der Waals surface area contributed by atoms with E-state index in [9.17, 15) is 4.79 Å². The van der Waals surface area contributed by atoms with Crippen molar-refractivity contribution in [1.82, 2.24) is 19.6 Å². The van der Waals surface area contributed by atoms with Crippen LogP contribution in [0.25, 0.3) is 26.4 Å². The van der Waals surface area contributed by atoms with Gasteiger partial charge in [0.2, 0.25) is 0 Å². The van der Waals surface area contributed by atoms with Crippen molar-refractivity contribution in [2.24, 2.45) is 0 Å². The smallest absolute Gasteiger partial charge is 0.251 e. The molecule has 0 unspecified atom stereocenters. The van der Waals surface area contributed by atoms with Gasteiger partial charge >= 0.3 is 0 Å². The van der Waals surface area contributed by atoms with Crippen molar-refractivity contribution in [2.75, 3.05) is 39.4 Å². The first-order valence-electron chi connectivity index (χ1n) is 10.3. The van der Waals surface area contributed by atoms with Crippen LogP contribution in [0.15, 0.2) is 54.7 Å². The number of rotatable bonds is 6. The van der Waals surface area contributed by atoms with Crippen LogP contribution in [0.2, 0.25) is 0 Å². The Hall–Kier alpha value is -2.74. The molecule has 2 aromatic heterocycles. The normalized spacial score (nSPS) is 15.1. The van der Waals surface area contributed by atoms with Crippen LogP contribution < -0.4 is 5.32 Å². The number of nitrogens with zero attached hydrogens (tertiary/aromatic N) is 3. The van der Waals surface area contributed by atoms with Gasteiger partial charge in [0, 0.05) is 37.0 Å². The molecule has 1 aliphatic rings. The number of fused-ring (bicyclic) bond motifs is 3. The molecule has 4 aromatic rings. The first-order valence-corrected chi connectivity index (χ1v) is 11.1. The largest absolute Gasteiger partial charge is 0.379 e. The monoisotopic (exact) mass is 420 g/mol. The Bertz CT molecular complexity index is 1160. The second-order valence-corrected chi connectivity index (χ2v) is 8.50. The summed E-state index contributed by atoms with van der Waals surface area (Å²) in [5, 5.41) is 3.05. The highest BCUT2D eigenvalue weighted by Gasteiger charge is 2.13. The Morgan fingerprint density at radius 3 is 2.80 bits per heavy atom. The maximum Gasteiger partial charge on any atom is 0.251 e. The number of aromatic nitrogens is 2. The molecule has 2 aromatic carbocycles. The van der Waals surface area contributed by atoms with E-state index < -0.39 is 0 Å². The summed E-state index contributed by atoms with van der Waals surface area (Å²) in [6, 6.07) is 16.1. The molecule has 154 valence electrons. The van der Waals surface area contributed by atoms with E-state index in [1.807, 2.05) is 36.4 Å². The van der Waals surface area contributed by atoms with E-state index in [0.717, 1.165) is 65.7 Å². The van der Waals surface area contributed by atoms with Crippen LogP contribution >= 0.6 is 11.3 Å². The summed E-state index contributed by atoms with van der Waals surface area (Å²) in [6.45, 7) is 5.26. The highest BCUT2D eigenvalue weighted by Crippen LogP contribution is 2.30. The number of thiazole rings is 1. The molecule has 1 aliphatic heterocycles. The average molecular weight is 421 g/mol. The topological polar surface area (TPSA) is 58.9 Å². The minimum Gasteiger partial charge on any atom is -0.379 e. The van der Waals surface area contributed by atoms with E-state index in [0.29, 0.717) is 12.1 Å². The van der Waals surface area contributed by atoms with Crippen LogP contribution in [0.1, 0.15) is 16.8 Å². The molecular formula is C23H24N4O2S. The van der Waals surface area contributed by atoms with Crippen molar-refractivity contribution < 1.29 is 9.53 Å². The second kappa shape index (κ2) is 8.55. The van der Waals surface area contributed by atoms with Crippen molar-refractivity contribution in [3.05, 3.63) is 60.3 Å². The third kappa shape index (κ3) is 3.96. The second-order valence-electron chi connectivity index (χ2n) is 7.49. The average Bonchev–Trinajstić information content (AvgIpc) is 3.35. The lowest BCUT2D eigenvalue weighted by molar-refractivity contribution is 0.0374. The highest BCUT2D eigenvalue weighted by molar-refractivity contribution is 7.23. The number of amides is 1. The summed E-state index contributed by atoms with van der Waals surface area (Å²) in [4.78, 5) is 20.7. The van der Waals surface area contributed by atoms with Crippen molar-refractivity contribution in [2.45, 2.75) is 6.42 Å². The standard InChI is InChI=1S/C23H24N4O2S/c28-22(24-9-4-10-26-11-13-29-14-12-26)18-7-8-20-21(15-18)30-23-25-19(16-27(20)23)17-5-2-1-3-6-17/h1-3,5-8,15-16H,4,9-14H2,(H,24,28). The third-order valence-electron chi connectivity index (χ3n) is 5.47. The molecule has 3 heterocycles. The van der Waals surface area contributed by atoms with Crippen LogP contribution in [0.4, 0.5) is 0 Å². The van der Waals surface area contributed by atoms with Crippen LogP contribution in [0, 0.1) is 0 Å². The molecule has 0 radical (unpaired) electrons. The lowest BCUT2D eigenvalue weighted by atomic mass is 10.2. The Balaban J connectivity index is 1.26. The van der Waals surface area contributed by atoms with E-state index in [2.05, 4.69) is 32.9 Å². The summed E-state index contributed by atoms with van der Waals surface area (Å²) < 4.78 is 8.54. The van der Waals surface area contributed by atoms with Crippen LogP contribution in [0.5, 0.6) is 0 Å². The fourth-order valence-electron chi connectivity index (χ4n) is 3.82. The van der Waals surface area contributed by atoms with E-state index in [1.165, 1.54) is 0 Å². The molecule has 0 atom stereocenters. The Kier molecular flexibility index (Phi) is 5.48. The summed E-state index contributed by atoms with van der Waals surface area (Å²) in [6.07, 6.45) is 3.01. The maximum atomic E-state index is 12.6. The Labute approximate surface area is 179 Å². The summed E-state index contributed by atoms with van der Waals surface area (Å²) in [5.41, 5.74) is 3.84. The molecule has 1 N–H and O–H groups in total. The zero-order valence-electron chi connectivity index (χ0n) is 16.7. The molecule has 5 rings (SSSR count). The van der Waals surface area contributed by atoms with Crippen LogP contribution in [0.3, 0.4) is 0 Å². The van der Waals surface area contributed by atoms with Gasteiger partial charge in [-0.05, 0) is 31.2 Å². The van der Waals surface area contributed by atoms with Crippen LogP contribution in [-0.2, 0) is 4.74 Å². The first kappa shape index (κ1) is 19.2. The number of nitrogens with one attached hydrogen (secondary N) is 1. The van der Waals surface area contributed by atoms with E-state index in [-0.39, 0.29) is 5.91 Å². The molecule has 0 saturated carbocycles.